The third kappa shape index (κ3) is 4.75. The van der Waals surface area contributed by atoms with Crippen molar-refractivity contribution in [2.24, 2.45) is 17.3 Å². The zero-order valence-corrected chi connectivity index (χ0v) is 18.9. The summed E-state index contributed by atoms with van der Waals surface area (Å²) in [5.74, 6) is 2.74. The standard InChI is InChI=1S/C26H33N3O3/c1-19(14-20-5-6-23-24(15-20)32-18-31-23)17-29-12-8-26(9-13-29)16-22(26)25(30)28-11-7-21-4-2-3-10-27-21/h2-6,10,15,19,22H,7-9,11-14,16-18H2,1H3,(H,28,30). The van der Waals surface area contributed by atoms with Gasteiger partial charge in [-0.2, -0.15) is 0 Å². The quantitative estimate of drug-likeness (QED) is 0.688. The van der Waals surface area contributed by atoms with Crippen molar-refractivity contribution in [3.63, 3.8) is 0 Å². The number of carbonyl (C=O) groups is 1. The molecule has 1 aromatic carbocycles. The van der Waals surface area contributed by atoms with E-state index in [1.54, 1.807) is 6.20 Å². The SMILES string of the molecule is CC(Cc1ccc2c(c1)OCO2)CN1CCC2(CC1)CC2C(=O)NCCc1ccccn1. The molecular formula is C26H33N3O3. The van der Waals surface area contributed by atoms with Gasteiger partial charge in [0.15, 0.2) is 11.5 Å². The lowest BCUT2D eigenvalue weighted by atomic mass is 9.89. The van der Waals surface area contributed by atoms with Crippen LogP contribution in [0.25, 0.3) is 0 Å². The van der Waals surface area contributed by atoms with E-state index in [4.69, 9.17) is 9.47 Å². The van der Waals surface area contributed by atoms with E-state index in [2.05, 4.69) is 34.3 Å². The predicted molar refractivity (Wildman–Crippen MR) is 123 cm³/mol. The van der Waals surface area contributed by atoms with Gasteiger partial charge in [0.2, 0.25) is 12.7 Å². The molecule has 1 aliphatic carbocycles. The summed E-state index contributed by atoms with van der Waals surface area (Å²) < 4.78 is 10.9. The zero-order chi connectivity index (χ0) is 22.0. The van der Waals surface area contributed by atoms with Crippen LogP contribution in [0.2, 0.25) is 0 Å². The Bertz CT molecular complexity index is 941. The van der Waals surface area contributed by atoms with Crippen LogP contribution in [0.3, 0.4) is 0 Å². The highest BCUT2D eigenvalue weighted by Crippen LogP contribution is 2.59. The number of likely N-dealkylation sites (tertiary alicyclic amines) is 1. The summed E-state index contributed by atoms with van der Waals surface area (Å²) >= 11 is 0. The fraction of sp³-hybridized carbons (Fsp3) is 0.538. The van der Waals surface area contributed by atoms with E-state index in [1.807, 2.05) is 24.3 Å². The normalized spacial score (nSPS) is 22.0. The average Bonchev–Trinajstić information content (AvgIpc) is 3.29. The van der Waals surface area contributed by atoms with Crippen LogP contribution in [0.1, 0.15) is 37.4 Å². The van der Waals surface area contributed by atoms with Gasteiger partial charge in [-0.3, -0.25) is 9.78 Å². The molecule has 0 radical (unpaired) electrons. The van der Waals surface area contributed by atoms with Crippen LogP contribution < -0.4 is 14.8 Å². The van der Waals surface area contributed by atoms with Crippen LogP contribution >= 0.6 is 0 Å². The van der Waals surface area contributed by atoms with Crippen molar-refractivity contribution in [3.05, 3.63) is 53.9 Å². The summed E-state index contributed by atoms with van der Waals surface area (Å²) in [6.45, 7) is 6.63. The third-order valence-corrected chi connectivity index (χ3v) is 7.36. The number of piperidine rings is 1. The Labute approximate surface area is 190 Å². The molecule has 0 bridgehead atoms. The molecule has 1 spiro atoms. The van der Waals surface area contributed by atoms with Gasteiger partial charge < -0.3 is 19.7 Å². The largest absolute Gasteiger partial charge is 0.454 e. The number of hydrogen-bond acceptors (Lipinski definition) is 5. The fourth-order valence-corrected chi connectivity index (χ4v) is 5.41. The molecule has 1 saturated carbocycles. The lowest BCUT2D eigenvalue weighted by Gasteiger charge is -2.34. The summed E-state index contributed by atoms with van der Waals surface area (Å²) in [4.78, 5) is 19.6. The van der Waals surface area contributed by atoms with Gasteiger partial charge in [-0.15, -0.1) is 0 Å². The number of nitrogens with one attached hydrogen (secondary N) is 1. The molecule has 6 heteroatoms. The number of hydrogen-bond donors (Lipinski definition) is 1. The molecule has 2 aliphatic heterocycles. The Balaban J connectivity index is 1.03. The van der Waals surface area contributed by atoms with Crippen LogP contribution in [0.4, 0.5) is 0 Å². The van der Waals surface area contributed by atoms with Crippen molar-refractivity contribution < 1.29 is 14.3 Å². The Kier molecular flexibility index (Phi) is 6.05. The van der Waals surface area contributed by atoms with Crippen molar-refractivity contribution in [3.8, 4) is 11.5 Å². The molecule has 5 rings (SSSR count). The van der Waals surface area contributed by atoms with Gasteiger partial charge in [0.1, 0.15) is 0 Å². The number of aromatic nitrogens is 1. The van der Waals surface area contributed by atoms with Gasteiger partial charge in [0.25, 0.3) is 0 Å². The maximum Gasteiger partial charge on any atom is 0.231 e. The number of rotatable bonds is 8. The molecule has 2 unspecified atom stereocenters. The number of pyridine rings is 1. The lowest BCUT2D eigenvalue weighted by molar-refractivity contribution is -0.123. The minimum absolute atomic E-state index is 0.208. The van der Waals surface area contributed by atoms with Crippen LogP contribution in [0.15, 0.2) is 42.6 Å². The second-order valence-electron chi connectivity index (χ2n) is 9.78. The van der Waals surface area contributed by atoms with Gasteiger partial charge in [0.05, 0.1) is 0 Å². The summed E-state index contributed by atoms with van der Waals surface area (Å²) in [7, 11) is 0. The summed E-state index contributed by atoms with van der Waals surface area (Å²) in [5.41, 5.74) is 2.59. The van der Waals surface area contributed by atoms with Crippen molar-refractivity contribution >= 4 is 5.91 Å². The minimum atomic E-state index is 0.208. The maximum absolute atomic E-state index is 12.6. The van der Waals surface area contributed by atoms with E-state index in [1.165, 1.54) is 5.56 Å². The number of fused-ring (bicyclic) bond motifs is 1. The smallest absolute Gasteiger partial charge is 0.231 e. The van der Waals surface area contributed by atoms with Gasteiger partial charge in [-0.05, 0) is 79.9 Å². The molecule has 1 aromatic heterocycles. The number of carbonyl (C=O) groups excluding carboxylic acids is 1. The molecule has 3 aliphatic rings. The minimum Gasteiger partial charge on any atom is -0.454 e. The molecular weight excluding hydrogens is 402 g/mol. The van der Waals surface area contributed by atoms with Gasteiger partial charge in [-0.25, -0.2) is 0 Å². The van der Waals surface area contributed by atoms with Gasteiger partial charge in [0, 0.05) is 37.3 Å². The average molecular weight is 436 g/mol. The molecule has 170 valence electrons. The third-order valence-electron chi connectivity index (χ3n) is 7.36. The molecule has 3 heterocycles. The van der Waals surface area contributed by atoms with Gasteiger partial charge >= 0.3 is 0 Å². The van der Waals surface area contributed by atoms with Crippen molar-refractivity contribution in [1.29, 1.82) is 0 Å². The van der Waals surface area contributed by atoms with E-state index in [0.717, 1.165) is 68.9 Å². The van der Waals surface area contributed by atoms with Crippen LogP contribution in [-0.4, -0.2) is 48.8 Å². The molecule has 1 saturated heterocycles. The monoisotopic (exact) mass is 435 g/mol. The Morgan fingerprint density at radius 1 is 1.22 bits per heavy atom. The number of nitrogens with zero attached hydrogens (tertiary/aromatic N) is 2. The molecule has 2 atom stereocenters. The van der Waals surface area contributed by atoms with Gasteiger partial charge in [-0.1, -0.05) is 19.1 Å². The van der Waals surface area contributed by atoms with Crippen LogP contribution in [-0.2, 0) is 17.6 Å². The topological polar surface area (TPSA) is 63.7 Å². The number of amides is 1. The number of ether oxygens (including phenoxy) is 2. The highest BCUT2D eigenvalue weighted by Gasteiger charge is 2.58. The van der Waals surface area contributed by atoms with E-state index < -0.39 is 0 Å². The van der Waals surface area contributed by atoms with Crippen LogP contribution in [0, 0.1) is 17.3 Å². The second kappa shape index (κ2) is 9.10. The highest BCUT2D eigenvalue weighted by molar-refractivity contribution is 5.82. The van der Waals surface area contributed by atoms with Crippen molar-refractivity contribution in [2.45, 2.75) is 39.0 Å². The van der Waals surface area contributed by atoms with E-state index >= 15 is 0 Å². The maximum atomic E-state index is 12.6. The van der Waals surface area contributed by atoms with E-state index in [0.29, 0.717) is 19.3 Å². The Morgan fingerprint density at radius 2 is 2.06 bits per heavy atom. The molecule has 1 amide bonds. The first-order chi connectivity index (χ1) is 15.6. The molecule has 32 heavy (non-hydrogen) atoms. The molecule has 1 N–H and O–H groups in total. The number of benzene rings is 1. The van der Waals surface area contributed by atoms with Crippen LogP contribution in [0.5, 0.6) is 11.5 Å². The summed E-state index contributed by atoms with van der Waals surface area (Å²) in [5, 5.41) is 3.14. The van der Waals surface area contributed by atoms with E-state index in [9.17, 15) is 4.79 Å². The zero-order valence-electron chi connectivity index (χ0n) is 18.9. The van der Waals surface area contributed by atoms with Crippen molar-refractivity contribution in [2.75, 3.05) is 33.0 Å². The molecule has 2 fully saturated rings. The Morgan fingerprint density at radius 3 is 2.88 bits per heavy atom. The summed E-state index contributed by atoms with van der Waals surface area (Å²) in [6.07, 6.45) is 6.98. The summed E-state index contributed by atoms with van der Waals surface area (Å²) in [6, 6.07) is 12.2. The first-order valence-electron chi connectivity index (χ1n) is 11.9. The first kappa shape index (κ1) is 21.3. The van der Waals surface area contributed by atoms with E-state index in [-0.39, 0.29) is 17.2 Å². The van der Waals surface area contributed by atoms with Crippen molar-refractivity contribution in [1.82, 2.24) is 15.2 Å². The predicted octanol–water partition coefficient (Wildman–Crippen LogP) is 3.45. The Hall–Kier alpha value is -2.60. The fourth-order valence-electron chi connectivity index (χ4n) is 5.41. The second-order valence-corrected chi connectivity index (χ2v) is 9.78. The highest BCUT2D eigenvalue weighted by atomic mass is 16.7. The molecule has 6 nitrogen and oxygen atoms in total. The first-order valence-corrected chi connectivity index (χ1v) is 11.9. The lowest BCUT2D eigenvalue weighted by Crippen LogP contribution is -2.39. The molecule has 2 aromatic rings.